The first-order valence-corrected chi connectivity index (χ1v) is 8.20. The lowest BCUT2D eigenvalue weighted by atomic mass is 10.1. The molecule has 0 saturated carbocycles. The monoisotopic (exact) mass is 348 g/mol. The molecule has 3 aromatic heterocycles. The lowest BCUT2D eigenvalue weighted by Crippen LogP contribution is -2.07. The number of esters is 1. The van der Waals surface area contributed by atoms with Gasteiger partial charge in [0.25, 0.3) is 0 Å². The van der Waals surface area contributed by atoms with Gasteiger partial charge in [-0.2, -0.15) is 5.10 Å². The zero-order chi connectivity index (χ0) is 18.1. The summed E-state index contributed by atoms with van der Waals surface area (Å²) >= 11 is 0. The summed E-state index contributed by atoms with van der Waals surface area (Å²) in [5, 5.41) is 4.42. The Morgan fingerprint density at radius 3 is 2.92 bits per heavy atom. The third-order valence-electron chi connectivity index (χ3n) is 3.91. The first kappa shape index (κ1) is 16.0. The fraction of sp³-hybridized carbons (Fsp3) is 0.158. The second-order valence-corrected chi connectivity index (χ2v) is 5.72. The van der Waals surface area contributed by atoms with E-state index in [0.29, 0.717) is 17.1 Å². The number of benzene rings is 1. The molecule has 0 unspecified atom stereocenters. The van der Waals surface area contributed by atoms with Crippen molar-refractivity contribution in [1.29, 1.82) is 0 Å². The number of carbonyl (C=O) groups excluding carboxylic acids is 1. The largest absolute Gasteiger partial charge is 0.461 e. The van der Waals surface area contributed by atoms with E-state index in [-0.39, 0.29) is 12.3 Å². The van der Waals surface area contributed by atoms with Crippen LogP contribution in [-0.4, -0.2) is 32.3 Å². The number of oxazole rings is 1. The van der Waals surface area contributed by atoms with Crippen LogP contribution in [0.5, 0.6) is 0 Å². The summed E-state index contributed by atoms with van der Waals surface area (Å²) in [4.78, 5) is 20.8. The van der Waals surface area contributed by atoms with Gasteiger partial charge < -0.3 is 9.15 Å². The van der Waals surface area contributed by atoms with Crippen LogP contribution < -0.4 is 0 Å². The summed E-state index contributed by atoms with van der Waals surface area (Å²) in [5.74, 6) is 0.147. The van der Waals surface area contributed by atoms with Crippen molar-refractivity contribution in [2.75, 3.05) is 6.61 Å². The number of hydrogen-bond acceptors (Lipinski definition) is 6. The van der Waals surface area contributed by atoms with E-state index in [0.717, 1.165) is 16.8 Å². The topological polar surface area (TPSA) is 83.0 Å². The zero-order valence-corrected chi connectivity index (χ0v) is 14.3. The van der Waals surface area contributed by atoms with Gasteiger partial charge in [0, 0.05) is 11.3 Å². The van der Waals surface area contributed by atoms with Crippen LogP contribution in [0.15, 0.2) is 53.3 Å². The summed E-state index contributed by atoms with van der Waals surface area (Å²) in [6.07, 6.45) is 1.40. The molecule has 0 aliphatic rings. The van der Waals surface area contributed by atoms with Crippen LogP contribution in [0.1, 0.15) is 23.1 Å². The van der Waals surface area contributed by atoms with Crippen molar-refractivity contribution in [3.63, 3.8) is 0 Å². The Morgan fingerprint density at radius 1 is 1.23 bits per heavy atom. The van der Waals surface area contributed by atoms with Gasteiger partial charge in [0.05, 0.1) is 12.3 Å². The molecular formula is C19H16N4O3. The van der Waals surface area contributed by atoms with E-state index in [1.165, 1.54) is 6.39 Å². The molecule has 4 rings (SSSR count). The molecule has 4 aromatic rings. The molecule has 0 aliphatic carbocycles. The predicted octanol–water partition coefficient (Wildman–Crippen LogP) is 3.56. The number of ether oxygens (including phenoxy) is 1. The molecule has 3 heterocycles. The quantitative estimate of drug-likeness (QED) is 0.524. The van der Waals surface area contributed by atoms with Crippen LogP contribution >= 0.6 is 0 Å². The highest BCUT2D eigenvalue weighted by atomic mass is 16.5. The van der Waals surface area contributed by atoms with Crippen molar-refractivity contribution in [2.45, 2.75) is 13.8 Å². The van der Waals surface area contributed by atoms with Crippen molar-refractivity contribution in [3.05, 3.63) is 60.2 Å². The molecular weight excluding hydrogens is 332 g/mol. The summed E-state index contributed by atoms with van der Waals surface area (Å²) in [6, 6.07) is 13.0. The van der Waals surface area contributed by atoms with Crippen LogP contribution in [-0.2, 0) is 4.74 Å². The molecule has 0 saturated heterocycles. The van der Waals surface area contributed by atoms with Crippen LogP contribution in [0.25, 0.3) is 28.2 Å². The maximum absolute atomic E-state index is 12.2. The highest BCUT2D eigenvalue weighted by molar-refractivity contribution is 5.89. The standard InChI is InChI=1S/C19H16N4O3/c1-3-25-19(24)15-10-16(13-7-8-14-17(9-13)26-11-20-14)23(22-15)18-6-4-5-12(2)21-18/h4-11H,3H2,1-2H3. The van der Waals surface area contributed by atoms with Gasteiger partial charge in [-0.05, 0) is 44.2 Å². The lowest BCUT2D eigenvalue weighted by molar-refractivity contribution is 0.0519. The zero-order valence-electron chi connectivity index (χ0n) is 14.3. The minimum Gasteiger partial charge on any atom is -0.461 e. The molecule has 7 nitrogen and oxygen atoms in total. The average molecular weight is 348 g/mol. The predicted molar refractivity (Wildman–Crippen MR) is 95.1 cm³/mol. The highest BCUT2D eigenvalue weighted by Crippen LogP contribution is 2.27. The van der Waals surface area contributed by atoms with Crippen molar-refractivity contribution < 1.29 is 13.9 Å². The summed E-state index contributed by atoms with van der Waals surface area (Å²) in [7, 11) is 0. The molecule has 0 radical (unpaired) electrons. The van der Waals surface area contributed by atoms with Crippen molar-refractivity contribution in [3.8, 4) is 17.1 Å². The molecule has 0 spiro atoms. The Bertz CT molecular complexity index is 1100. The first-order chi connectivity index (χ1) is 12.7. The number of nitrogens with zero attached hydrogens (tertiary/aromatic N) is 4. The molecule has 0 fully saturated rings. The van der Waals surface area contributed by atoms with Crippen LogP contribution in [0.4, 0.5) is 0 Å². The van der Waals surface area contributed by atoms with E-state index in [2.05, 4.69) is 15.1 Å². The van der Waals surface area contributed by atoms with Gasteiger partial charge in [0.1, 0.15) is 5.52 Å². The normalized spacial score (nSPS) is 11.0. The van der Waals surface area contributed by atoms with Crippen molar-refractivity contribution >= 4 is 17.1 Å². The molecule has 0 N–H and O–H groups in total. The van der Waals surface area contributed by atoms with Gasteiger partial charge in [-0.25, -0.2) is 19.4 Å². The number of pyridine rings is 1. The van der Waals surface area contributed by atoms with Gasteiger partial charge in [-0.3, -0.25) is 0 Å². The van der Waals surface area contributed by atoms with Gasteiger partial charge in [-0.1, -0.05) is 12.1 Å². The smallest absolute Gasteiger partial charge is 0.358 e. The Kier molecular flexibility index (Phi) is 3.96. The molecule has 0 amide bonds. The number of fused-ring (bicyclic) bond motifs is 1. The number of aryl methyl sites for hydroxylation is 1. The van der Waals surface area contributed by atoms with E-state index < -0.39 is 5.97 Å². The maximum atomic E-state index is 12.2. The summed E-state index contributed by atoms with van der Waals surface area (Å²) in [6.45, 7) is 3.95. The maximum Gasteiger partial charge on any atom is 0.358 e. The van der Waals surface area contributed by atoms with Gasteiger partial charge in [-0.15, -0.1) is 0 Å². The Morgan fingerprint density at radius 2 is 2.12 bits per heavy atom. The van der Waals surface area contributed by atoms with Gasteiger partial charge in [0.15, 0.2) is 23.5 Å². The third kappa shape index (κ3) is 2.83. The number of carbonyl (C=O) groups is 1. The van der Waals surface area contributed by atoms with Crippen LogP contribution in [0.2, 0.25) is 0 Å². The van der Waals surface area contributed by atoms with E-state index in [9.17, 15) is 4.79 Å². The first-order valence-electron chi connectivity index (χ1n) is 8.20. The van der Waals surface area contributed by atoms with Crippen molar-refractivity contribution in [1.82, 2.24) is 19.7 Å². The fourth-order valence-electron chi connectivity index (χ4n) is 2.73. The number of hydrogen-bond donors (Lipinski definition) is 0. The minimum atomic E-state index is -0.471. The third-order valence-corrected chi connectivity index (χ3v) is 3.91. The lowest BCUT2D eigenvalue weighted by Gasteiger charge is -2.07. The van der Waals surface area contributed by atoms with Crippen LogP contribution in [0.3, 0.4) is 0 Å². The molecule has 7 heteroatoms. The van der Waals surface area contributed by atoms with E-state index in [1.807, 2.05) is 43.3 Å². The fourth-order valence-corrected chi connectivity index (χ4v) is 2.73. The molecule has 130 valence electrons. The SMILES string of the molecule is CCOC(=O)c1cc(-c2ccc3ncoc3c2)n(-c2cccc(C)n2)n1. The summed E-state index contributed by atoms with van der Waals surface area (Å²) < 4.78 is 12.1. The molecule has 0 atom stereocenters. The summed E-state index contributed by atoms with van der Waals surface area (Å²) in [5.41, 5.74) is 4.05. The average Bonchev–Trinajstić information content (AvgIpc) is 3.28. The number of rotatable bonds is 4. The molecule has 1 aromatic carbocycles. The Labute approximate surface area is 149 Å². The molecule has 0 bridgehead atoms. The second kappa shape index (κ2) is 6.44. The van der Waals surface area contributed by atoms with Gasteiger partial charge in [0.2, 0.25) is 0 Å². The van der Waals surface area contributed by atoms with Crippen molar-refractivity contribution in [2.24, 2.45) is 0 Å². The minimum absolute atomic E-state index is 0.225. The van der Waals surface area contributed by atoms with Gasteiger partial charge >= 0.3 is 5.97 Å². The van der Waals surface area contributed by atoms with E-state index in [1.54, 1.807) is 17.7 Å². The highest BCUT2D eigenvalue weighted by Gasteiger charge is 2.19. The second-order valence-electron chi connectivity index (χ2n) is 5.72. The molecule has 26 heavy (non-hydrogen) atoms. The Hall–Kier alpha value is -3.48. The Balaban J connectivity index is 1.89. The molecule has 0 aliphatic heterocycles. The number of aromatic nitrogens is 4. The van der Waals surface area contributed by atoms with Crippen LogP contribution in [0, 0.1) is 6.92 Å². The van der Waals surface area contributed by atoms with E-state index in [4.69, 9.17) is 9.15 Å². The van der Waals surface area contributed by atoms with E-state index >= 15 is 0 Å².